The first-order valence-corrected chi connectivity index (χ1v) is 18.6. The van der Waals surface area contributed by atoms with Gasteiger partial charge in [-0.2, -0.15) is 0 Å². The number of nitrogens with zero attached hydrogens (tertiary/aromatic N) is 1. The van der Waals surface area contributed by atoms with Gasteiger partial charge in [-0.1, -0.05) is 61.6 Å². The van der Waals surface area contributed by atoms with E-state index in [-0.39, 0.29) is 69.2 Å². The fourth-order valence-electron chi connectivity index (χ4n) is 4.41. The monoisotopic (exact) mass is 752 g/mol. The molecule has 1 heterocycles. The maximum Gasteiger partial charge on any atom is 0.344 e. The van der Waals surface area contributed by atoms with Crippen molar-refractivity contribution >= 4 is 73.5 Å². The molecular weight excluding hydrogens is 719 g/mol. The van der Waals surface area contributed by atoms with Crippen molar-refractivity contribution < 1.29 is 32.2 Å². The van der Waals surface area contributed by atoms with Gasteiger partial charge in [-0.15, -0.1) is 11.3 Å². The maximum absolute atomic E-state index is 13.5. The van der Waals surface area contributed by atoms with E-state index in [4.69, 9.17) is 49.0 Å². The molecule has 9 nitrogen and oxygen atoms in total. The number of halogens is 3. The molecular formula is C34H35Cl3N2O7S2. The van der Waals surface area contributed by atoms with Gasteiger partial charge in [0.25, 0.3) is 5.91 Å². The highest BCUT2D eigenvalue weighted by Crippen LogP contribution is 2.42. The minimum Gasteiger partial charge on any atom is -0.486 e. The van der Waals surface area contributed by atoms with Gasteiger partial charge in [0.1, 0.15) is 22.4 Å². The summed E-state index contributed by atoms with van der Waals surface area (Å²) in [5.74, 6) is -0.896. The number of amides is 1. The molecule has 1 N–H and O–H groups in total. The summed E-state index contributed by atoms with van der Waals surface area (Å²) in [5, 5.41) is 6.09. The Morgan fingerprint density at radius 3 is 2.38 bits per heavy atom. The second-order valence-corrected chi connectivity index (χ2v) is 15.9. The SMILES string of the molecule is CCOC(=O)COc1c(NC(=O)c2cccc(OCc3nc(C(C)(C)C)cs3)c2)cc(CCCS(=O)(=O)c2ccc(Cl)cc2)c(Cl)c1Cl. The lowest BCUT2D eigenvalue weighted by Gasteiger charge is -2.18. The van der Waals surface area contributed by atoms with Gasteiger partial charge in [0.15, 0.2) is 22.2 Å². The van der Waals surface area contributed by atoms with Gasteiger partial charge < -0.3 is 19.5 Å². The third-order valence-corrected chi connectivity index (χ3v) is 10.7. The van der Waals surface area contributed by atoms with Gasteiger partial charge >= 0.3 is 5.97 Å². The van der Waals surface area contributed by atoms with Crippen LogP contribution in [0.5, 0.6) is 11.5 Å². The smallest absolute Gasteiger partial charge is 0.344 e. The van der Waals surface area contributed by atoms with E-state index >= 15 is 0 Å². The average molecular weight is 754 g/mol. The number of aryl methyl sites for hydroxylation is 1. The number of aromatic nitrogens is 1. The van der Waals surface area contributed by atoms with Crippen molar-refractivity contribution in [2.75, 3.05) is 24.3 Å². The molecule has 256 valence electrons. The first-order valence-electron chi connectivity index (χ1n) is 14.9. The van der Waals surface area contributed by atoms with Crippen LogP contribution in [0, 0.1) is 0 Å². The number of sulfone groups is 1. The Bertz CT molecular complexity index is 1870. The Morgan fingerprint density at radius 1 is 0.979 bits per heavy atom. The summed E-state index contributed by atoms with van der Waals surface area (Å²) in [4.78, 5) is 30.4. The van der Waals surface area contributed by atoms with E-state index in [1.165, 1.54) is 35.6 Å². The Morgan fingerprint density at radius 2 is 1.71 bits per heavy atom. The lowest BCUT2D eigenvalue weighted by Crippen LogP contribution is -2.18. The van der Waals surface area contributed by atoms with E-state index in [2.05, 4.69) is 31.1 Å². The summed E-state index contributed by atoms with van der Waals surface area (Å²) in [7, 11) is -3.60. The maximum atomic E-state index is 13.5. The quantitative estimate of drug-likeness (QED) is 0.127. The molecule has 0 radical (unpaired) electrons. The molecule has 14 heteroatoms. The Balaban J connectivity index is 1.53. The molecule has 0 unspecified atom stereocenters. The fourth-order valence-corrected chi connectivity index (χ4v) is 7.29. The van der Waals surface area contributed by atoms with Gasteiger partial charge in [-0.25, -0.2) is 18.2 Å². The van der Waals surface area contributed by atoms with Crippen molar-refractivity contribution in [1.29, 1.82) is 0 Å². The third-order valence-electron chi connectivity index (χ3n) is 6.94. The second kappa shape index (κ2) is 16.4. The molecule has 0 atom stereocenters. The van der Waals surface area contributed by atoms with Crippen molar-refractivity contribution in [3.63, 3.8) is 0 Å². The van der Waals surface area contributed by atoms with E-state index in [0.29, 0.717) is 16.3 Å². The summed E-state index contributed by atoms with van der Waals surface area (Å²) in [6.45, 7) is 7.83. The predicted octanol–water partition coefficient (Wildman–Crippen LogP) is 8.58. The lowest BCUT2D eigenvalue weighted by atomic mass is 9.93. The van der Waals surface area contributed by atoms with Crippen LogP contribution in [0.3, 0.4) is 0 Å². The number of benzene rings is 3. The number of anilines is 1. The second-order valence-electron chi connectivity index (χ2n) is 11.7. The van der Waals surface area contributed by atoms with Gasteiger partial charge in [-0.3, -0.25) is 4.79 Å². The molecule has 0 aliphatic carbocycles. The summed E-state index contributed by atoms with van der Waals surface area (Å²) < 4.78 is 42.3. The van der Waals surface area contributed by atoms with Crippen LogP contribution in [0.2, 0.25) is 15.1 Å². The van der Waals surface area contributed by atoms with E-state index in [1.807, 2.05) is 5.38 Å². The molecule has 0 aliphatic rings. The van der Waals surface area contributed by atoms with E-state index < -0.39 is 28.3 Å². The van der Waals surface area contributed by atoms with Crippen molar-refractivity contribution in [3.8, 4) is 11.5 Å². The molecule has 3 aromatic carbocycles. The molecule has 4 rings (SSSR count). The van der Waals surface area contributed by atoms with Gasteiger partial charge in [0.05, 0.1) is 33.7 Å². The molecule has 0 bridgehead atoms. The van der Waals surface area contributed by atoms with Crippen LogP contribution in [0.25, 0.3) is 0 Å². The van der Waals surface area contributed by atoms with Crippen LogP contribution in [0.1, 0.15) is 60.7 Å². The molecule has 1 aromatic heterocycles. The minimum atomic E-state index is -3.60. The number of rotatable bonds is 14. The number of ether oxygens (including phenoxy) is 3. The van der Waals surface area contributed by atoms with Crippen LogP contribution in [0.15, 0.2) is 64.9 Å². The number of hydrogen-bond donors (Lipinski definition) is 1. The molecule has 4 aromatic rings. The Labute approximate surface area is 299 Å². The summed E-state index contributed by atoms with van der Waals surface area (Å²) >= 11 is 20.6. The number of esters is 1. The lowest BCUT2D eigenvalue weighted by molar-refractivity contribution is -0.145. The zero-order valence-corrected chi connectivity index (χ0v) is 30.7. The minimum absolute atomic E-state index is 0.0357. The van der Waals surface area contributed by atoms with Gasteiger partial charge in [-0.05, 0) is 73.9 Å². The predicted molar refractivity (Wildman–Crippen MR) is 190 cm³/mol. The number of carbonyl (C=O) groups is 2. The van der Waals surface area contributed by atoms with Crippen molar-refractivity contribution in [2.24, 2.45) is 0 Å². The molecule has 0 aliphatic heterocycles. The van der Waals surface area contributed by atoms with E-state index in [1.54, 1.807) is 37.3 Å². The van der Waals surface area contributed by atoms with Crippen LogP contribution in [0.4, 0.5) is 5.69 Å². The number of hydrogen-bond acceptors (Lipinski definition) is 9. The van der Waals surface area contributed by atoms with Crippen LogP contribution in [-0.4, -0.2) is 44.2 Å². The average Bonchev–Trinajstić information content (AvgIpc) is 3.53. The standard InChI is InChI=1S/C34H35Cl3N2O7S2/c1-5-44-29(40)19-46-32-26(17-21(30(36)31(32)37)9-7-15-48(42,43)25-13-11-23(35)12-14-25)38-33(41)22-8-6-10-24(16-22)45-18-28-39-27(20-47-28)34(2,3)4/h6,8,10-14,16-17,20H,5,7,9,15,18-19H2,1-4H3,(H,38,41). The van der Waals surface area contributed by atoms with Crippen LogP contribution < -0.4 is 14.8 Å². The highest BCUT2D eigenvalue weighted by molar-refractivity contribution is 7.91. The van der Waals surface area contributed by atoms with E-state index in [0.717, 1.165) is 10.7 Å². The Hall–Kier alpha value is -3.35. The number of nitrogens with one attached hydrogen (secondary N) is 1. The van der Waals surface area contributed by atoms with Crippen LogP contribution >= 0.6 is 46.1 Å². The van der Waals surface area contributed by atoms with Crippen molar-refractivity contribution in [2.45, 2.75) is 57.5 Å². The summed E-state index contributed by atoms with van der Waals surface area (Å²) in [6.07, 6.45) is 0.413. The van der Waals surface area contributed by atoms with Gasteiger partial charge in [0, 0.05) is 21.4 Å². The topological polar surface area (TPSA) is 121 Å². The molecule has 0 fully saturated rings. The molecule has 0 spiro atoms. The first kappa shape index (κ1) is 37.5. The summed E-state index contributed by atoms with van der Waals surface area (Å²) in [5.41, 5.74) is 1.79. The van der Waals surface area contributed by atoms with Crippen molar-refractivity contribution in [3.05, 3.63) is 96.9 Å². The zero-order valence-electron chi connectivity index (χ0n) is 26.8. The third kappa shape index (κ3) is 10.1. The number of thiazole rings is 1. The molecule has 1 amide bonds. The highest BCUT2D eigenvalue weighted by Gasteiger charge is 2.22. The van der Waals surface area contributed by atoms with Crippen molar-refractivity contribution in [1.82, 2.24) is 4.98 Å². The number of carbonyl (C=O) groups excluding carboxylic acids is 2. The first-order chi connectivity index (χ1) is 22.7. The normalized spacial score (nSPS) is 11.6. The molecule has 0 saturated heterocycles. The zero-order chi connectivity index (χ0) is 35.1. The highest BCUT2D eigenvalue weighted by atomic mass is 35.5. The van der Waals surface area contributed by atoms with Gasteiger partial charge in [0.2, 0.25) is 0 Å². The largest absolute Gasteiger partial charge is 0.486 e. The van der Waals surface area contributed by atoms with E-state index in [9.17, 15) is 18.0 Å². The molecule has 0 saturated carbocycles. The summed E-state index contributed by atoms with van der Waals surface area (Å²) in [6, 6.07) is 14.1. The molecule has 48 heavy (non-hydrogen) atoms. The van der Waals surface area contributed by atoms with Crippen LogP contribution in [-0.2, 0) is 37.8 Å². The fraction of sp³-hybridized carbons (Fsp3) is 0.324. The Kier molecular flexibility index (Phi) is 12.8.